The molecule has 2 bridgehead atoms. The Hall–Kier alpha value is -2.11. The topological polar surface area (TPSA) is 67.4 Å². The lowest BCUT2D eigenvalue weighted by Crippen LogP contribution is -2.48. The lowest BCUT2D eigenvalue weighted by atomic mass is 9.84. The summed E-state index contributed by atoms with van der Waals surface area (Å²) in [5.41, 5.74) is 0.385. The molecule has 3 rings (SSSR count). The maximum atomic E-state index is 13.1. The Morgan fingerprint density at radius 1 is 1.27 bits per heavy atom. The Morgan fingerprint density at radius 2 is 2.05 bits per heavy atom. The van der Waals surface area contributed by atoms with Crippen LogP contribution in [-0.4, -0.2) is 25.2 Å². The van der Waals surface area contributed by atoms with Crippen molar-refractivity contribution in [1.29, 1.82) is 0 Å². The van der Waals surface area contributed by atoms with Gasteiger partial charge in [-0.15, -0.1) is 0 Å². The Kier molecular flexibility index (Phi) is 4.00. The molecule has 118 valence electrons. The summed E-state index contributed by atoms with van der Waals surface area (Å²) < 4.78 is 18.0. The molecule has 2 fully saturated rings. The third-order valence-corrected chi connectivity index (χ3v) is 4.77. The van der Waals surface area contributed by atoms with Gasteiger partial charge in [-0.1, -0.05) is 6.07 Å². The van der Waals surface area contributed by atoms with Crippen LogP contribution in [-0.2, 0) is 9.53 Å². The molecule has 6 heteroatoms. The second-order valence-corrected chi connectivity index (χ2v) is 6.02. The summed E-state index contributed by atoms with van der Waals surface area (Å²) in [7, 11) is 1.37. The van der Waals surface area contributed by atoms with Gasteiger partial charge in [0.1, 0.15) is 5.82 Å². The van der Waals surface area contributed by atoms with Gasteiger partial charge in [-0.25, -0.2) is 9.18 Å². The SMILES string of the molecule is COC(=O)C1C2CCC(C2)C1NC(=O)Nc1cccc(F)c1. The Labute approximate surface area is 128 Å². The highest BCUT2D eigenvalue weighted by Gasteiger charge is 2.52. The number of carbonyl (C=O) groups excluding carboxylic acids is 2. The summed E-state index contributed by atoms with van der Waals surface area (Å²) in [4.78, 5) is 24.1. The van der Waals surface area contributed by atoms with E-state index in [9.17, 15) is 14.0 Å². The number of fused-ring (bicyclic) bond motifs is 2. The third kappa shape index (κ3) is 2.77. The van der Waals surface area contributed by atoms with Crippen LogP contribution in [0.25, 0.3) is 0 Å². The van der Waals surface area contributed by atoms with E-state index in [2.05, 4.69) is 10.6 Å². The number of anilines is 1. The zero-order valence-corrected chi connectivity index (χ0v) is 12.3. The maximum Gasteiger partial charge on any atom is 0.319 e. The van der Waals surface area contributed by atoms with Crippen molar-refractivity contribution in [1.82, 2.24) is 5.32 Å². The van der Waals surface area contributed by atoms with E-state index in [0.717, 1.165) is 19.3 Å². The number of ether oxygens (including phenoxy) is 1. The molecule has 0 heterocycles. The number of halogens is 1. The molecule has 4 atom stereocenters. The number of esters is 1. The van der Waals surface area contributed by atoms with E-state index in [0.29, 0.717) is 11.6 Å². The van der Waals surface area contributed by atoms with Crippen molar-refractivity contribution in [3.05, 3.63) is 30.1 Å². The number of methoxy groups -OCH3 is 1. The van der Waals surface area contributed by atoms with Gasteiger partial charge in [0.05, 0.1) is 13.0 Å². The maximum absolute atomic E-state index is 13.1. The van der Waals surface area contributed by atoms with Crippen LogP contribution in [0.15, 0.2) is 24.3 Å². The largest absolute Gasteiger partial charge is 0.469 e. The van der Waals surface area contributed by atoms with Gasteiger partial charge in [0.25, 0.3) is 0 Å². The molecule has 2 amide bonds. The molecule has 4 unspecified atom stereocenters. The summed E-state index contributed by atoms with van der Waals surface area (Å²) in [6.45, 7) is 0. The first-order valence-corrected chi connectivity index (χ1v) is 7.49. The monoisotopic (exact) mass is 306 g/mol. The smallest absolute Gasteiger partial charge is 0.319 e. The molecule has 0 spiro atoms. The molecule has 2 N–H and O–H groups in total. The molecule has 22 heavy (non-hydrogen) atoms. The summed E-state index contributed by atoms with van der Waals surface area (Å²) in [5, 5.41) is 5.47. The highest BCUT2D eigenvalue weighted by molar-refractivity contribution is 5.90. The zero-order chi connectivity index (χ0) is 15.7. The highest BCUT2D eigenvalue weighted by Crippen LogP contribution is 2.48. The molecular formula is C16H19FN2O3. The normalized spacial score (nSPS) is 29.2. The van der Waals surface area contributed by atoms with Gasteiger partial charge in [-0.05, 0) is 49.3 Å². The molecule has 0 aliphatic heterocycles. The minimum absolute atomic E-state index is 0.209. The van der Waals surface area contributed by atoms with Crippen molar-refractivity contribution in [3.63, 3.8) is 0 Å². The Balaban J connectivity index is 1.66. The molecule has 2 aliphatic carbocycles. The fraction of sp³-hybridized carbons (Fsp3) is 0.500. The molecule has 5 nitrogen and oxygen atoms in total. The predicted octanol–water partition coefficient (Wildman–Crippen LogP) is 2.53. The van der Waals surface area contributed by atoms with E-state index in [1.165, 1.54) is 25.3 Å². The van der Waals surface area contributed by atoms with Crippen molar-refractivity contribution >= 4 is 17.7 Å². The van der Waals surface area contributed by atoms with Crippen LogP contribution >= 0.6 is 0 Å². The second kappa shape index (κ2) is 5.94. The van der Waals surface area contributed by atoms with Gasteiger partial charge in [-0.3, -0.25) is 4.79 Å². The van der Waals surface area contributed by atoms with Crippen LogP contribution in [0.3, 0.4) is 0 Å². The Bertz CT molecular complexity index is 593. The minimum Gasteiger partial charge on any atom is -0.469 e. The van der Waals surface area contributed by atoms with Crippen molar-refractivity contribution in [2.24, 2.45) is 17.8 Å². The highest BCUT2D eigenvalue weighted by atomic mass is 19.1. The number of hydrogen-bond acceptors (Lipinski definition) is 3. The minimum atomic E-state index is -0.419. The number of amides is 2. The first-order valence-electron chi connectivity index (χ1n) is 7.49. The fourth-order valence-corrected chi connectivity index (χ4v) is 3.86. The zero-order valence-electron chi connectivity index (χ0n) is 12.3. The molecule has 2 aliphatic rings. The van der Waals surface area contributed by atoms with Gasteiger partial charge in [-0.2, -0.15) is 0 Å². The predicted molar refractivity (Wildman–Crippen MR) is 78.7 cm³/mol. The second-order valence-electron chi connectivity index (χ2n) is 6.02. The van der Waals surface area contributed by atoms with Crippen molar-refractivity contribution in [2.75, 3.05) is 12.4 Å². The summed E-state index contributed by atoms with van der Waals surface area (Å²) >= 11 is 0. The van der Waals surface area contributed by atoms with Gasteiger partial charge in [0.15, 0.2) is 0 Å². The van der Waals surface area contributed by atoms with Crippen LogP contribution in [0.1, 0.15) is 19.3 Å². The molecule has 2 saturated carbocycles. The quantitative estimate of drug-likeness (QED) is 0.843. The first-order chi connectivity index (χ1) is 10.6. The van der Waals surface area contributed by atoms with Crippen LogP contribution in [0.2, 0.25) is 0 Å². The standard InChI is InChI=1S/C16H19FN2O3/c1-22-15(20)13-9-5-6-10(7-9)14(13)19-16(21)18-12-4-2-3-11(17)8-12/h2-4,8-10,13-14H,5-7H2,1H3,(H2,18,19,21). The van der Waals surface area contributed by atoms with Crippen LogP contribution < -0.4 is 10.6 Å². The van der Waals surface area contributed by atoms with Crippen molar-refractivity contribution in [2.45, 2.75) is 25.3 Å². The van der Waals surface area contributed by atoms with Gasteiger partial charge < -0.3 is 15.4 Å². The number of carbonyl (C=O) groups is 2. The van der Waals surface area contributed by atoms with Gasteiger partial charge in [0.2, 0.25) is 0 Å². The first kappa shape index (κ1) is 14.8. The number of hydrogen-bond donors (Lipinski definition) is 2. The van der Waals surface area contributed by atoms with Crippen molar-refractivity contribution < 1.29 is 18.7 Å². The summed E-state index contributed by atoms with van der Waals surface area (Å²) in [6, 6.07) is 5.07. The van der Waals surface area contributed by atoms with E-state index in [4.69, 9.17) is 4.74 Å². The third-order valence-electron chi connectivity index (χ3n) is 4.77. The van der Waals surface area contributed by atoms with E-state index in [-0.39, 0.29) is 23.8 Å². The van der Waals surface area contributed by atoms with E-state index in [1.54, 1.807) is 6.07 Å². The lowest BCUT2D eigenvalue weighted by Gasteiger charge is -2.29. The Morgan fingerprint density at radius 3 is 2.77 bits per heavy atom. The summed E-state index contributed by atoms with van der Waals surface area (Å²) in [5.74, 6) is -0.347. The van der Waals surface area contributed by atoms with E-state index >= 15 is 0 Å². The molecule has 0 aromatic heterocycles. The van der Waals surface area contributed by atoms with Crippen molar-refractivity contribution in [3.8, 4) is 0 Å². The summed E-state index contributed by atoms with van der Waals surface area (Å²) in [6.07, 6.45) is 2.97. The molecule has 1 aromatic rings. The molecular weight excluding hydrogens is 287 g/mol. The molecule has 0 radical (unpaired) electrons. The number of nitrogens with one attached hydrogen (secondary N) is 2. The van der Waals surface area contributed by atoms with Crippen LogP contribution in [0.5, 0.6) is 0 Å². The number of benzene rings is 1. The average molecular weight is 306 g/mol. The number of urea groups is 1. The number of rotatable bonds is 3. The lowest BCUT2D eigenvalue weighted by molar-refractivity contribution is -0.148. The molecule has 1 aromatic carbocycles. The van der Waals surface area contributed by atoms with E-state index < -0.39 is 11.8 Å². The van der Waals surface area contributed by atoms with Crippen LogP contribution in [0, 0.1) is 23.6 Å². The average Bonchev–Trinajstić information content (AvgIpc) is 3.07. The van der Waals surface area contributed by atoms with Gasteiger partial charge in [0, 0.05) is 11.7 Å². The van der Waals surface area contributed by atoms with Crippen LogP contribution in [0.4, 0.5) is 14.9 Å². The fourth-order valence-electron chi connectivity index (χ4n) is 3.86. The van der Waals surface area contributed by atoms with E-state index in [1.807, 2.05) is 0 Å². The van der Waals surface area contributed by atoms with Gasteiger partial charge >= 0.3 is 12.0 Å². The molecule has 0 saturated heterocycles.